The highest BCUT2D eigenvalue weighted by atomic mass is 32.1. The lowest BCUT2D eigenvalue weighted by molar-refractivity contribution is 0.0246. The zero-order chi connectivity index (χ0) is 15.0. The van der Waals surface area contributed by atoms with Crippen LogP contribution < -0.4 is 0 Å². The normalized spacial score (nSPS) is 22.5. The summed E-state index contributed by atoms with van der Waals surface area (Å²) in [5.74, 6) is 0.141. The molecule has 2 aromatic rings. The van der Waals surface area contributed by atoms with Crippen LogP contribution in [0, 0.1) is 5.92 Å². The number of aliphatic hydroxyl groups is 1. The van der Waals surface area contributed by atoms with Crippen LogP contribution in [0.5, 0.6) is 0 Å². The number of nitrogens with zero attached hydrogens (tertiary/aromatic N) is 4. The smallest absolute Gasteiger partial charge is 0.273 e. The molecule has 1 saturated heterocycles. The summed E-state index contributed by atoms with van der Waals surface area (Å²) in [6.07, 6.45) is 3.99. The predicted octanol–water partition coefficient (Wildman–Crippen LogP) is 1.39. The van der Waals surface area contributed by atoms with Gasteiger partial charge in [0.2, 0.25) is 0 Å². The summed E-state index contributed by atoms with van der Waals surface area (Å²) in [7, 11) is 1.85. The predicted molar refractivity (Wildman–Crippen MR) is 80.0 cm³/mol. The lowest BCUT2D eigenvalue weighted by Crippen LogP contribution is -2.45. The molecule has 0 spiro atoms. The summed E-state index contributed by atoms with van der Waals surface area (Å²) in [6, 6.07) is 0. The fourth-order valence-corrected chi connectivity index (χ4v) is 3.20. The molecular weight excluding hydrogens is 288 g/mol. The number of amides is 1. The molecule has 2 atom stereocenters. The molecule has 21 heavy (non-hydrogen) atoms. The molecule has 0 saturated carbocycles. The highest BCUT2D eigenvalue weighted by Gasteiger charge is 2.29. The minimum atomic E-state index is -0.445. The van der Waals surface area contributed by atoms with E-state index in [1.54, 1.807) is 21.2 Å². The largest absolute Gasteiger partial charge is 0.391 e. The molecule has 112 valence electrons. The van der Waals surface area contributed by atoms with Crippen molar-refractivity contribution in [2.75, 3.05) is 13.1 Å². The second-order valence-corrected chi connectivity index (χ2v) is 6.38. The number of aliphatic hydroxyl groups excluding tert-OH is 1. The topological polar surface area (TPSA) is 71.2 Å². The molecule has 1 aliphatic rings. The maximum Gasteiger partial charge on any atom is 0.273 e. The summed E-state index contributed by atoms with van der Waals surface area (Å²) in [6.45, 7) is 3.08. The fraction of sp³-hybridized carbons (Fsp3) is 0.500. The average Bonchev–Trinajstić information content (AvgIpc) is 3.09. The fourth-order valence-electron chi connectivity index (χ4n) is 2.43. The van der Waals surface area contributed by atoms with E-state index in [0.29, 0.717) is 18.8 Å². The van der Waals surface area contributed by atoms with Gasteiger partial charge in [0.05, 0.1) is 12.3 Å². The van der Waals surface area contributed by atoms with Crippen LogP contribution in [0.25, 0.3) is 10.6 Å². The van der Waals surface area contributed by atoms with Gasteiger partial charge in [-0.1, -0.05) is 6.92 Å². The summed E-state index contributed by atoms with van der Waals surface area (Å²) < 4.78 is 1.71. The first-order valence-corrected chi connectivity index (χ1v) is 7.84. The van der Waals surface area contributed by atoms with Crippen molar-refractivity contribution in [1.82, 2.24) is 19.7 Å². The number of aryl methyl sites for hydroxylation is 1. The monoisotopic (exact) mass is 306 g/mol. The van der Waals surface area contributed by atoms with Gasteiger partial charge in [-0.3, -0.25) is 9.48 Å². The van der Waals surface area contributed by atoms with Crippen molar-refractivity contribution in [3.63, 3.8) is 0 Å². The van der Waals surface area contributed by atoms with Crippen molar-refractivity contribution in [3.05, 3.63) is 23.5 Å². The maximum atomic E-state index is 12.4. The van der Waals surface area contributed by atoms with Crippen molar-refractivity contribution in [2.24, 2.45) is 13.0 Å². The van der Waals surface area contributed by atoms with Gasteiger partial charge in [0, 0.05) is 37.3 Å². The molecule has 3 heterocycles. The quantitative estimate of drug-likeness (QED) is 0.910. The number of β-amino-alcohol motifs (C(OH)–C–C–N with tert-alkyl or cyclic N) is 1. The van der Waals surface area contributed by atoms with Crippen LogP contribution in [-0.4, -0.2) is 49.9 Å². The molecule has 1 fully saturated rings. The Bertz CT molecular complexity index is 651. The van der Waals surface area contributed by atoms with E-state index in [2.05, 4.69) is 10.1 Å². The van der Waals surface area contributed by atoms with E-state index < -0.39 is 6.10 Å². The van der Waals surface area contributed by atoms with E-state index >= 15 is 0 Å². The van der Waals surface area contributed by atoms with E-state index in [1.807, 2.05) is 20.2 Å². The molecule has 3 rings (SSSR count). The minimum absolute atomic E-state index is 0.104. The van der Waals surface area contributed by atoms with Crippen molar-refractivity contribution >= 4 is 17.2 Å². The van der Waals surface area contributed by atoms with E-state index in [9.17, 15) is 9.90 Å². The highest BCUT2D eigenvalue weighted by molar-refractivity contribution is 7.13. The molecule has 1 aliphatic heterocycles. The number of piperidine rings is 1. The second-order valence-electron chi connectivity index (χ2n) is 5.53. The van der Waals surface area contributed by atoms with Crippen LogP contribution in [-0.2, 0) is 7.05 Å². The summed E-state index contributed by atoms with van der Waals surface area (Å²) in [4.78, 5) is 18.5. The zero-order valence-electron chi connectivity index (χ0n) is 12.1. The first-order chi connectivity index (χ1) is 10.0. The Morgan fingerprint density at radius 3 is 3.00 bits per heavy atom. The lowest BCUT2D eigenvalue weighted by atomic mass is 9.96. The first kappa shape index (κ1) is 14.2. The molecule has 2 aromatic heterocycles. The van der Waals surface area contributed by atoms with Gasteiger partial charge in [-0.2, -0.15) is 5.10 Å². The third-order valence-corrected chi connectivity index (χ3v) is 4.77. The number of thiazole rings is 1. The SMILES string of the molecule is CC1CCN(C(=O)c2csc(-c3cnn(C)c3)n2)CC1O. The van der Waals surface area contributed by atoms with Gasteiger partial charge >= 0.3 is 0 Å². The number of likely N-dealkylation sites (tertiary alicyclic amines) is 1. The van der Waals surface area contributed by atoms with Gasteiger partial charge in [-0.25, -0.2) is 4.98 Å². The van der Waals surface area contributed by atoms with Crippen LogP contribution in [0.3, 0.4) is 0 Å². The van der Waals surface area contributed by atoms with Gasteiger partial charge in [-0.15, -0.1) is 11.3 Å². The summed E-state index contributed by atoms with van der Waals surface area (Å²) >= 11 is 1.44. The van der Waals surface area contributed by atoms with Gasteiger partial charge in [0.1, 0.15) is 10.7 Å². The van der Waals surface area contributed by atoms with Gasteiger partial charge in [0.25, 0.3) is 5.91 Å². The van der Waals surface area contributed by atoms with Gasteiger partial charge in [0.15, 0.2) is 0 Å². The van der Waals surface area contributed by atoms with Crippen molar-refractivity contribution < 1.29 is 9.90 Å². The molecule has 1 amide bonds. The Labute approximate surface area is 127 Å². The molecule has 6 nitrogen and oxygen atoms in total. The van der Waals surface area contributed by atoms with E-state index in [1.165, 1.54) is 11.3 Å². The Morgan fingerprint density at radius 1 is 1.52 bits per heavy atom. The van der Waals surface area contributed by atoms with Gasteiger partial charge in [-0.05, 0) is 12.3 Å². The van der Waals surface area contributed by atoms with Crippen LogP contribution >= 0.6 is 11.3 Å². The van der Waals surface area contributed by atoms with Crippen LogP contribution in [0.15, 0.2) is 17.8 Å². The number of aromatic nitrogens is 3. The molecule has 0 bridgehead atoms. The molecule has 0 aliphatic carbocycles. The van der Waals surface area contributed by atoms with Crippen LogP contribution in [0.2, 0.25) is 0 Å². The Morgan fingerprint density at radius 2 is 2.33 bits per heavy atom. The first-order valence-electron chi connectivity index (χ1n) is 6.96. The zero-order valence-corrected chi connectivity index (χ0v) is 12.9. The Balaban J connectivity index is 1.75. The van der Waals surface area contributed by atoms with Crippen molar-refractivity contribution in [1.29, 1.82) is 0 Å². The number of rotatable bonds is 2. The number of hydrogen-bond acceptors (Lipinski definition) is 5. The molecule has 2 unspecified atom stereocenters. The molecule has 0 aromatic carbocycles. The number of carbonyl (C=O) groups is 1. The Hall–Kier alpha value is -1.73. The standard InChI is InChI=1S/C14H18N4O2S/c1-9-3-4-18(7-12(9)19)14(20)11-8-21-13(16-11)10-5-15-17(2)6-10/h5-6,8-9,12,19H,3-4,7H2,1-2H3. The van der Waals surface area contributed by atoms with E-state index in [4.69, 9.17) is 0 Å². The second kappa shape index (κ2) is 5.57. The number of hydrogen-bond donors (Lipinski definition) is 1. The van der Waals surface area contributed by atoms with Crippen molar-refractivity contribution in [2.45, 2.75) is 19.4 Å². The third kappa shape index (κ3) is 2.84. The lowest BCUT2D eigenvalue weighted by Gasteiger charge is -2.33. The highest BCUT2D eigenvalue weighted by Crippen LogP contribution is 2.25. The van der Waals surface area contributed by atoms with Gasteiger partial charge < -0.3 is 10.0 Å². The van der Waals surface area contributed by atoms with Crippen LogP contribution in [0.4, 0.5) is 0 Å². The number of carbonyl (C=O) groups excluding carboxylic acids is 1. The van der Waals surface area contributed by atoms with E-state index in [-0.39, 0.29) is 11.8 Å². The Kier molecular flexibility index (Phi) is 3.77. The summed E-state index contributed by atoms with van der Waals surface area (Å²) in [5, 5.41) is 16.6. The molecule has 0 radical (unpaired) electrons. The average molecular weight is 306 g/mol. The van der Waals surface area contributed by atoms with Crippen molar-refractivity contribution in [3.8, 4) is 10.6 Å². The minimum Gasteiger partial charge on any atom is -0.391 e. The summed E-state index contributed by atoms with van der Waals surface area (Å²) in [5.41, 5.74) is 1.36. The van der Waals surface area contributed by atoms with E-state index in [0.717, 1.165) is 17.0 Å². The molecule has 1 N–H and O–H groups in total. The molecule has 7 heteroatoms. The van der Waals surface area contributed by atoms with Crippen LogP contribution in [0.1, 0.15) is 23.8 Å². The third-order valence-electron chi connectivity index (χ3n) is 3.88. The molecular formula is C14H18N4O2S. The maximum absolute atomic E-state index is 12.4.